The molecule has 0 saturated heterocycles. The van der Waals surface area contributed by atoms with Crippen molar-refractivity contribution >= 4 is 15.9 Å². The van der Waals surface area contributed by atoms with Gasteiger partial charge in [-0.15, -0.1) is 0 Å². The van der Waals surface area contributed by atoms with E-state index >= 15 is 0 Å². The van der Waals surface area contributed by atoms with Crippen LogP contribution in [0.15, 0.2) is 47.2 Å². The van der Waals surface area contributed by atoms with Crippen LogP contribution < -0.4 is 5.32 Å². The Labute approximate surface area is 108 Å². The molecule has 0 aliphatic heterocycles. The van der Waals surface area contributed by atoms with Crippen LogP contribution in [0.3, 0.4) is 0 Å². The summed E-state index contributed by atoms with van der Waals surface area (Å²) in [6, 6.07) is 8.50. The van der Waals surface area contributed by atoms with Crippen LogP contribution in [0, 0.1) is 5.82 Å². The van der Waals surface area contributed by atoms with Crippen molar-refractivity contribution in [3.05, 3.63) is 64.1 Å². The highest BCUT2D eigenvalue weighted by molar-refractivity contribution is 9.10. The molecule has 1 atom stereocenters. The summed E-state index contributed by atoms with van der Waals surface area (Å²) in [6.45, 7) is 0. The molecule has 0 radical (unpaired) electrons. The molecule has 1 N–H and O–H groups in total. The van der Waals surface area contributed by atoms with E-state index in [4.69, 9.17) is 0 Å². The Kier molecular flexibility index (Phi) is 3.86. The van der Waals surface area contributed by atoms with Gasteiger partial charge in [0, 0.05) is 22.4 Å². The molecule has 1 unspecified atom stereocenters. The predicted octanol–water partition coefficient (Wildman–Crippen LogP) is 3.29. The lowest BCUT2D eigenvalue weighted by atomic mass is 10.00. The normalized spacial score (nSPS) is 12.4. The first kappa shape index (κ1) is 12.2. The smallest absolute Gasteiger partial charge is 0.128 e. The molecule has 2 nitrogen and oxygen atoms in total. The van der Waals surface area contributed by atoms with Crippen molar-refractivity contribution in [3.63, 3.8) is 0 Å². The van der Waals surface area contributed by atoms with Gasteiger partial charge < -0.3 is 5.32 Å². The summed E-state index contributed by atoms with van der Waals surface area (Å²) in [7, 11) is 1.80. The summed E-state index contributed by atoms with van der Waals surface area (Å²) in [5.41, 5.74) is 1.54. The minimum atomic E-state index is -0.226. The van der Waals surface area contributed by atoms with Gasteiger partial charge in [-0.25, -0.2) is 4.39 Å². The summed E-state index contributed by atoms with van der Waals surface area (Å²) in [6.07, 6.45) is 3.44. The first-order chi connectivity index (χ1) is 8.22. The average Bonchev–Trinajstić information content (AvgIpc) is 2.36. The number of benzene rings is 1. The van der Waals surface area contributed by atoms with E-state index in [1.807, 2.05) is 12.1 Å². The lowest BCUT2D eigenvalue weighted by Crippen LogP contribution is -2.19. The van der Waals surface area contributed by atoms with Crippen LogP contribution in [-0.2, 0) is 0 Å². The summed E-state index contributed by atoms with van der Waals surface area (Å²) < 4.78 is 14.7. The number of rotatable bonds is 3. The van der Waals surface area contributed by atoms with Gasteiger partial charge in [0.2, 0.25) is 0 Å². The largest absolute Gasteiger partial charge is 0.309 e. The third-order valence-electron chi connectivity index (χ3n) is 2.58. The lowest BCUT2D eigenvalue weighted by Gasteiger charge is -2.17. The Morgan fingerprint density at radius 2 is 2.18 bits per heavy atom. The fraction of sp³-hybridized carbons (Fsp3) is 0.154. The number of hydrogen-bond donors (Lipinski definition) is 1. The van der Waals surface area contributed by atoms with E-state index in [2.05, 4.69) is 26.2 Å². The number of nitrogens with one attached hydrogen (secondary N) is 1. The summed E-state index contributed by atoms with van der Waals surface area (Å²) in [5.74, 6) is -0.226. The minimum Gasteiger partial charge on any atom is -0.309 e. The predicted molar refractivity (Wildman–Crippen MR) is 69.2 cm³/mol. The summed E-state index contributed by atoms with van der Waals surface area (Å²) in [4.78, 5) is 4.06. The zero-order valence-corrected chi connectivity index (χ0v) is 10.9. The van der Waals surface area contributed by atoms with Crippen LogP contribution in [0.4, 0.5) is 4.39 Å². The van der Waals surface area contributed by atoms with Crippen LogP contribution >= 0.6 is 15.9 Å². The van der Waals surface area contributed by atoms with Crippen molar-refractivity contribution in [2.45, 2.75) is 6.04 Å². The van der Waals surface area contributed by atoms with Crippen LogP contribution in [0.25, 0.3) is 0 Å². The Morgan fingerprint density at radius 1 is 1.35 bits per heavy atom. The molecule has 0 saturated carbocycles. The fourth-order valence-corrected chi connectivity index (χ4v) is 2.16. The van der Waals surface area contributed by atoms with E-state index in [0.29, 0.717) is 5.56 Å². The van der Waals surface area contributed by atoms with Crippen LogP contribution in [-0.4, -0.2) is 12.0 Å². The number of hydrogen-bond acceptors (Lipinski definition) is 2. The van der Waals surface area contributed by atoms with Crippen LogP contribution in [0.2, 0.25) is 0 Å². The molecule has 0 amide bonds. The second kappa shape index (κ2) is 5.38. The number of nitrogens with zero attached hydrogens (tertiary/aromatic N) is 1. The van der Waals surface area contributed by atoms with Gasteiger partial charge in [-0.1, -0.05) is 22.0 Å². The molecule has 0 bridgehead atoms. The zero-order valence-electron chi connectivity index (χ0n) is 9.32. The van der Waals surface area contributed by atoms with E-state index in [1.165, 1.54) is 6.07 Å². The number of pyridine rings is 1. The molecule has 0 aliphatic carbocycles. The Hall–Kier alpha value is -1.26. The monoisotopic (exact) mass is 294 g/mol. The standard InChI is InChI=1S/C13H12BrFN2/c1-16-13(9-3-2-6-17-8-9)11-7-10(14)4-5-12(11)15/h2-8,13,16H,1H3. The second-order valence-corrected chi connectivity index (χ2v) is 4.59. The molecule has 2 aromatic rings. The van der Waals surface area contributed by atoms with Gasteiger partial charge in [-0.3, -0.25) is 4.98 Å². The first-order valence-corrected chi connectivity index (χ1v) is 6.04. The molecule has 4 heteroatoms. The SMILES string of the molecule is CNC(c1cccnc1)c1cc(Br)ccc1F. The highest BCUT2D eigenvalue weighted by Gasteiger charge is 2.16. The molecule has 1 aromatic heterocycles. The van der Waals surface area contributed by atoms with E-state index in [-0.39, 0.29) is 11.9 Å². The molecule has 1 heterocycles. The second-order valence-electron chi connectivity index (χ2n) is 3.67. The molecular weight excluding hydrogens is 283 g/mol. The maximum atomic E-state index is 13.8. The molecule has 1 aromatic carbocycles. The Bertz CT molecular complexity index is 502. The molecule has 0 spiro atoms. The number of halogens is 2. The Balaban J connectivity index is 2.46. The first-order valence-electron chi connectivity index (χ1n) is 5.24. The molecule has 88 valence electrons. The Morgan fingerprint density at radius 3 is 2.82 bits per heavy atom. The van der Waals surface area contributed by atoms with E-state index < -0.39 is 0 Å². The van der Waals surface area contributed by atoms with E-state index in [0.717, 1.165) is 10.0 Å². The fourth-order valence-electron chi connectivity index (χ4n) is 1.78. The maximum absolute atomic E-state index is 13.8. The van der Waals surface area contributed by atoms with Crippen molar-refractivity contribution in [2.24, 2.45) is 0 Å². The molecule has 0 aliphatic rings. The van der Waals surface area contributed by atoms with Crippen molar-refractivity contribution in [1.82, 2.24) is 10.3 Å². The van der Waals surface area contributed by atoms with E-state index in [1.54, 1.807) is 31.6 Å². The van der Waals surface area contributed by atoms with Gasteiger partial charge in [-0.05, 0) is 36.9 Å². The van der Waals surface area contributed by atoms with Crippen LogP contribution in [0.5, 0.6) is 0 Å². The van der Waals surface area contributed by atoms with Gasteiger partial charge in [0.25, 0.3) is 0 Å². The summed E-state index contributed by atoms with van der Waals surface area (Å²) >= 11 is 3.36. The van der Waals surface area contributed by atoms with Gasteiger partial charge in [-0.2, -0.15) is 0 Å². The third-order valence-corrected chi connectivity index (χ3v) is 3.07. The zero-order chi connectivity index (χ0) is 12.3. The molecule has 2 rings (SSSR count). The van der Waals surface area contributed by atoms with Crippen molar-refractivity contribution in [1.29, 1.82) is 0 Å². The maximum Gasteiger partial charge on any atom is 0.128 e. The topological polar surface area (TPSA) is 24.9 Å². The van der Waals surface area contributed by atoms with Crippen LogP contribution in [0.1, 0.15) is 17.2 Å². The van der Waals surface area contributed by atoms with Gasteiger partial charge in [0.1, 0.15) is 5.82 Å². The molecule has 0 fully saturated rings. The molecular formula is C13H12BrFN2. The van der Waals surface area contributed by atoms with Gasteiger partial charge >= 0.3 is 0 Å². The lowest BCUT2D eigenvalue weighted by molar-refractivity contribution is 0.575. The van der Waals surface area contributed by atoms with Gasteiger partial charge in [0.05, 0.1) is 6.04 Å². The minimum absolute atomic E-state index is 0.193. The summed E-state index contributed by atoms with van der Waals surface area (Å²) in [5, 5.41) is 3.10. The van der Waals surface area contributed by atoms with Gasteiger partial charge in [0.15, 0.2) is 0 Å². The van der Waals surface area contributed by atoms with Crippen molar-refractivity contribution < 1.29 is 4.39 Å². The molecule has 17 heavy (non-hydrogen) atoms. The third kappa shape index (κ3) is 2.70. The number of aromatic nitrogens is 1. The average molecular weight is 295 g/mol. The van der Waals surface area contributed by atoms with E-state index in [9.17, 15) is 4.39 Å². The quantitative estimate of drug-likeness (QED) is 0.940. The highest BCUT2D eigenvalue weighted by Crippen LogP contribution is 2.26. The highest BCUT2D eigenvalue weighted by atomic mass is 79.9. The van der Waals surface area contributed by atoms with Crippen molar-refractivity contribution in [3.8, 4) is 0 Å². The van der Waals surface area contributed by atoms with Crippen molar-refractivity contribution in [2.75, 3.05) is 7.05 Å².